The molecule has 0 aromatic heterocycles. The first-order valence-electron chi connectivity index (χ1n) is 9.47. The van der Waals surface area contributed by atoms with Crippen molar-refractivity contribution < 1.29 is 10.2 Å². The summed E-state index contributed by atoms with van der Waals surface area (Å²) in [4.78, 5) is 0. The second-order valence-corrected chi connectivity index (χ2v) is 7.04. The molecule has 3 aromatic carbocycles. The molecule has 0 aliphatic rings. The van der Waals surface area contributed by atoms with Crippen LogP contribution < -0.4 is 5.32 Å². The Morgan fingerprint density at radius 2 is 1.52 bits per heavy atom. The summed E-state index contributed by atoms with van der Waals surface area (Å²) in [6.45, 7) is 3.04. The third kappa shape index (κ3) is 5.35. The molecule has 0 aliphatic heterocycles. The molecule has 3 rings (SSSR count). The first-order chi connectivity index (χ1) is 13.1. The SMILES string of the molecule is CC(Cc1ccccc1)NCCC(c1ccccc1)c1ccc(O)cc1O. The summed E-state index contributed by atoms with van der Waals surface area (Å²) in [5.74, 6) is 0.294. The van der Waals surface area contributed by atoms with Gasteiger partial charge < -0.3 is 15.5 Å². The minimum absolute atomic E-state index is 0.0724. The molecule has 0 heterocycles. The minimum Gasteiger partial charge on any atom is -0.508 e. The maximum Gasteiger partial charge on any atom is 0.123 e. The van der Waals surface area contributed by atoms with E-state index in [0.29, 0.717) is 6.04 Å². The van der Waals surface area contributed by atoms with Gasteiger partial charge in [0.25, 0.3) is 0 Å². The zero-order valence-electron chi connectivity index (χ0n) is 15.7. The van der Waals surface area contributed by atoms with Crippen molar-refractivity contribution >= 4 is 0 Å². The van der Waals surface area contributed by atoms with Gasteiger partial charge in [0, 0.05) is 23.6 Å². The summed E-state index contributed by atoms with van der Waals surface area (Å²) in [6, 6.07) is 25.9. The Bertz CT molecular complexity index is 834. The van der Waals surface area contributed by atoms with Gasteiger partial charge in [0.2, 0.25) is 0 Å². The van der Waals surface area contributed by atoms with Crippen molar-refractivity contribution in [2.24, 2.45) is 0 Å². The van der Waals surface area contributed by atoms with Gasteiger partial charge in [0.1, 0.15) is 11.5 Å². The molecule has 0 fully saturated rings. The first kappa shape index (κ1) is 19.0. The second kappa shape index (κ2) is 9.24. The van der Waals surface area contributed by atoms with E-state index in [-0.39, 0.29) is 17.4 Å². The van der Waals surface area contributed by atoms with Crippen molar-refractivity contribution in [3.63, 3.8) is 0 Å². The zero-order valence-corrected chi connectivity index (χ0v) is 15.7. The van der Waals surface area contributed by atoms with Crippen molar-refractivity contribution in [1.29, 1.82) is 0 Å². The minimum atomic E-state index is 0.0724. The Balaban J connectivity index is 1.67. The molecule has 3 N–H and O–H groups in total. The molecule has 0 bridgehead atoms. The van der Waals surface area contributed by atoms with Crippen LogP contribution in [0, 0.1) is 0 Å². The highest BCUT2D eigenvalue weighted by Crippen LogP contribution is 2.35. The highest BCUT2D eigenvalue weighted by Gasteiger charge is 2.18. The topological polar surface area (TPSA) is 52.5 Å². The summed E-state index contributed by atoms with van der Waals surface area (Å²) < 4.78 is 0. The number of phenolic OH excluding ortho intramolecular Hbond substituents is 2. The fraction of sp³-hybridized carbons (Fsp3) is 0.250. The Kier molecular flexibility index (Phi) is 6.50. The van der Waals surface area contributed by atoms with E-state index in [0.717, 1.165) is 30.5 Å². The van der Waals surface area contributed by atoms with Crippen LogP contribution in [0.25, 0.3) is 0 Å². The predicted molar refractivity (Wildman–Crippen MR) is 110 cm³/mol. The molecule has 0 radical (unpaired) electrons. The summed E-state index contributed by atoms with van der Waals surface area (Å²) in [5.41, 5.74) is 3.33. The van der Waals surface area contributed by atoms with Crippen LogP contribution in [-0.2, 0) is 6.42 Å². The van der Waals surface area contributed by atoms with E-state index < -0.39 is 0 Å². The maximum atomic E-state index is 10.3. The lowest BCUT2D eigenvalue weighted by molar-refractivity contribution is 0.440. The molecular weight excluding hydrogens is 334 g/mol. The van der Waals surface area contributed by atoms with Crippen LogP contribution in [0.3, 0.4) is 0 Å². The third-order valence-electron chi connectivity index (χ3n) is 4.90. The van der Waals surface area contributed by atoms with E-state index in [1.807, 2.05) is 30.3 Å². The van der Waals surface area contributed by atoms with Gasteiger partial charge in [-0.1, -0.05) is 66.7 Å². The lowest BCUT2D eigenvalue weighted by atomic mass is 9.87. The first-order valence-corrected chi connectivity index (χ1v) is 9.47. The summed E-state index contributed by atoms with van der Waals surface area (Å²) in [6.07, 6.45) is 1.85. The Hall–Kier alpha value is -2.78. The molecule has 27 heavy (non-hydrogen) atoms. The molecule has 2 unspecified atom stereocenters. The average molecular weight is 361 g/mol. The fourth-order valence-corrected chi connectivity index (χ4v) is 3.53. The number of rotatable bonds is 8. The summed E-state index contributed by atoms with van der Waals surface area (Å²) >= 11 is 0. The van der Waals surface area contributed by atoms with Crippen LogP contribution in [0.1, 0.15) is 36.0 Å². The quantitative estimate of drug-likeness (QED) is 0.538. The normalized spacial score (nSPS) is 13.2. The molecule has 0 amide bonds. The van der Waals surface area contributed by atoms with E-state index in [2.05, 4.69) is 48.6 Å². The molecule has 3 heteroatoms. The molecule has 0 spiro atoms. The van der Waals surface area contributed by atoms with Crippen LogP contribution in [0.2, 0.25) is 0 Å². The van der Waals surface area contributed by atoms with Crippen LogP contribution in [0.15, 0.2) is 78.9 Å². The van der Waals surface area contributed by atoms with Crippen molar-refractivity contribution in [2.75, 3.05) is 6.54 Å². The Labute approximate surface area is 161 Å². The van der Waals surface area contributed by atoms with E-state index in [1.54, 1.807) is 6.07 Å². The number of hydrogen-bond donors (Lipinski definition) is 3. The van der Waals surface area contributed by atoms with Gasteiger partial charge in [-0.15, -0.1) is 0 Å². The molecule has 140 valence electrons. The average Bonchev–Trinajstić information content (AvgIpc) is 2.67. The maximum absolute atomic E-state index is 10.3. The molecule has 0 saturated carbocycles. The third-order valence-corrected chi connectivity index (χ3v) is 4.90. The lowest BCUT2D eigenvalue weighted by Gasteiger charge is -2.21. The van der Waals surface area contributed by atoms with Crippen LogP contribution in [-0.4, -0.2) is 22.8 Å². The largest absolute Gasteiger partial charge is 0.508 e. The highest BCUT2D eigenvalue weighted by molar-refractivity contribution is 5.45. The van der Waals surface area contributed by atoms with Gasteiger partial charge in [0.15, 0.2) is 0 Å². The van der Waals surface area contributed by atoms with Crippen molar-refractivity contribution in [2.45, 2.75) is 31.7 Å². The van der Waals surface area contributed by atoms with E-state index >= 15 is 0 Å². The molecule has 0 saturated heterocycles. The van der Waals surface area contributed by atoms with E-state index in [1.165, 1.54) is 11.6 Å². The molecule has 3 nitrogen and oxygen atoms in total. The lowest BCUT2D eigenvalue weighted by Crippen LogP contribution is -2.30. The summed E-state index contributed by atoms with van der Waals surface area (Å²) in [5, 5.41) is 23.6. The molecule has 3 aromatic rings. The standard InChI is InChI=1S/C24H27NO2/c1-18(16-19-8-4-2-5-9-19)25-15-14-22(20-10-6-3-7-11-20)23-13-12-21(26)17-24(23)27/h2-13,17-18,22,25-27H,14-16H2,1H3. The predicted octanol–water partition coefficient (Wildman–Crippen LogP) is 4.84. The van der Waals surface area contributed by atoms with Crippen molar-refractivity contribution in [3.05, 3.63) is 95.6 Å². The van der Waals surface area contributed by atoms with Gasteiger partial charge in [-0.05, 0) is 43.5 Å². The number of phenols is 2. The Morgan fingerprint density at radius 3 is 2.19 bits per heavy atom. The van der Waals surface area contributed by atoms with Crippen LogP contribution in [0.5, 0.6) is 11.5 Å². The molecule has 0 aliphatic carbocycles. The van der Waals surface area contributed by atoms with Crippen molar-refractivity contribution in [1.82, 2.24) is 5.32 Å². The number of hydrogen-bond acceptors (Lipinski definition) is 3. The van der Waals surface area contributed by atoms with Gasteiger partial charge in [-0.3, -0.25) is 0 Å². The number of benzene rings is 3. The van der Waals surface area contributed by atoms with Gasteiger partial charge >= 0.3 is 0 Å². The van der Waals surface area contributed by atoms with Crippen molar-refractivity contribution in [3.8, 4) is 11.5 Å². The van der Waals surface area contributed by atoms with Gasteiger partial charge in [0.05, 0.1) is 0 Å². The second-order valence-electron chi connectivity index (χ2n) is 7.04. The van der Waals surface area contributed by atoms with Gasteiger partial charge in [-0.25, -0.2) is 0 Å². The zero-order chi connectivity index (χ0) is 19.1. The number of nitrogens with one attached hydrogen (secondary N) is 1. The smallest absolute Gasteiger partial charge is 0.123 e. The Morgan fingerprint density at radius 1 is 0.852 bits per heavy atom. The van der Waals surface area contributed by atoms with E-state index in [9.17, 15) is 10.2 Å². The summed E-state index contributed by atoms with van der Waals surface area (Å²) in [7, 11) is 0. The fourth-order valence-electron chi connectivity index (χ4n) is 3.53. The van der Waals surface area contributed by atoms with Crippen LogP contribution >= 0.6 is 0 Å². The van der Waals surface area contributed by atoms with Gasteiger partial charge in [-0.2, -0.15) is 0 Å². The van der Waals surface area contributed by atoms with Crippen LogP contribution in [0.4, 0.5) is 0 Å². The van der Waals surface area contributed by atoms with E-state index in [4.69, 9.17) is 0 Å². The monoisotopic (exact) mass is 361 g/mol. The molecular formula is C24H27NO2. The molecule has 2 atom stereocenters. The number of aromatic hydroxyl groups is 2. The highest BCUT2D eigenvalue weighted by atomic mass is 16.3.